The van der Waals surface area contributed by atoms with Crippen LogP contribution in [0, 0.1) is 0 Å². The summed E-state index contributed by atoms with van der Waals surface area (Å²) in [5.41, 5.74) is 0. The Bertz CT molecular complexity index is 159. The third-order valence-electron chi connectivity index (χ3n) is 3.32. The van der Waals surface area contributed by atoms with Gasteiger partial charge in [0, 0.05) is 25.2 Å². The third-order valence-corrected chi connectivity index (χ3v) is 3.32. The summed E-state index contributed by atoms with van der Waals surface area (Å²) in [7, 11) is 8.61. The first-order valence-electron chi connectivity index (χ1n) is 5.67. The Balaban J connectivity index is 2.31. The molecule has 1 aliphatic carbocycles. The average Bonchev–Trinajstić information content (AvgIpc) is 2.61. The van der Waals surface area contributed by atoms with Crippen LogP contribution in [0.2, 0.25) is 0 Å². The molecule has 14 heavy (non-hydrogen) atoms. The number of hydrogen-bond donors (Lipinski definition) is 1. The van der Waals surface area contributed by atoms with E-state index in [9.17, 15) is 0 Å². The van der Waals surface area contributed by atoms with E-state index < -0.39 is 0 Å². The molecule has 0 saturated heterocycles. The molecule has 0 aromatic rings. The van der Waals surface area contributed by atoms with E-state index in [1.165, 1.54) is 25.8 Å². The molecule has 1 rings (SSSR count). The zero-order valence-electron chi connectivity index (χ0n) is 10.1. The quantitative estimate of drug-likeness (QED) is 0.700. The highest BCUT2D eigenvalue weighted by Gasteiger charge is 2.28. The second-order valence-corrected chi connectivity index (χ2v) is 4.68. The fourth-order valence-corrected chi connectivity index (χ4v) is 2.33. The Hall–Kier alpha value is -0.120. The van der Waals surface area contributed by atoms with Gasteiger partial charge in [-0.05, 0) is 41.0 Å². The second-order valence-electron chi connectivity index (χ2n) is 4.68. The first kappa shape index (κ1) is 12.0. The zero-order chi connectivity index (χ0) is 10.6. The maximum Gasteiger partial charge on any atom is 0.0246 e. The summed E-state index contributed by atoms with van der Waals surface area (Å²) < 4.78 is 0. The number of nitrogens with zero attached hydrogens (tertiary/aromatic N) is 2. The molecule has 1 N–H and O–H groups in total. The Morgan fingerprint density at radius 1 is 1.14 bits per heavy atom. The van der Waals surface area contributed by atoms with Crippen molar-refractivity contribution in [1.29, 1.82) is 0 Å². The molecule has 84 valence electrons. The summed E-state index contributed by atoms with van der Waals surface area (Å²) in [6.45, 7) is 2.33. The van der Waals surface area contributed by atoms with Gasteiger partial charge in [-0.3, -0.25) is 0 Å². The van der Waals surface area contributed by atoms with E-state index >= 15 is 0 Å². The standard InChI is InChI=1S/C11H25N3/c1-12-10-6-5-7-11(10)14(4)9-8-13(2)3/h10-12H,5-9H2,1-4H3. The molecule has 0 aliphatic heterocycles. The molecular formula is C11H25N3. The minimum atomic E-state index is 0.710. The molecule has 0 heterocycles. The highest BCUT2D eigenvalue weighted by atomic mass is 15.2. The number of nitrogens with one attached hydrogen (secondary N) is 1. The van der Waals surface area contributed by atoms with Gasteiger partial charge in [0.15, 0.2) is 0 Å². The van der Waals surface area contributed by atoms with E-state index in [0.29, 0.717) is 6.04 Å². The van der Waals surface area contributed by atoms with Crippen LogP contribution in [-0.4, -0.2) is 63.2 Å². The molecule has 1 fully saturated rings. The number of likely N-dealkylation sites (N-methyl/N-ethyl adjacent to an activating group) is 3. The van der Waals surface area contributed by atoms with Gasteiger partial charge in [0.1, 0.15) is 0 Å². The Labute approximate surface area is 88.5 Å². The molecule has 2 atom stereocenters. The van der Waals surface area contributed by atoms with Crippen molar-refractivity contribution in [3.63, 3.8) is 0 Å². The summed E-state index contributed by atoms with van der Waals surface area (Å²) in [5.74, 6) is 0. The molecular weight excluding hydrogens is 174 g/mol. The molecule has 3 nitrogen and oxygen atoms in total. The lowest BCUT2D eigenvalue weighted by atomic mass is 10.1. The molecule has 0 bridgehead atoms. The van der Waals surface area contributed by atoms with Crippen molar-refractivity contribution < 1.29 is 0 Å². The van der Waals surface area contributed by atoms with Crippen molar-refractivity contribution in [2.75, 3.05) is 41.3 Å². The summed E-state index contributed by atoms with van der Waals surface area (Å²) in [6.07, 6.45) is 4.07. The predicted molar refractivity (Wildman–Crippen MR) is 61.7 cm³/mol. The van der Waals surface area contributed by atoms with Gasteiger partial charge in [0.2, 0.25) is 0 Å². The average molecular weight is 199 g/mol. The van der Waals surface area contributed by atoms with Gasteiger partial charge in [-0.25, -0.2) is 0 Å². The van der Waals surface area contributed by atoms with Crippen LogP contribution in [0.3, 0.4) is 0 Å². The van der Waals surface area contributed by atoms with Crippen LogP contribution in [0.4, 0.5) is 0 Å². The van der Waals surface area contributed by atoms with E-state index in [-0.39, 0.29) is 0 Å². The maximum atomic E-state index is 3.43. The SMILES string of the molecule is CNC1CCCC1N(C)CCN(C)C. The lowest BCUT2D eigenvalue weighted by Crippen LogP contribution is -2.45. The smallest absolute Gasteiger partial charge is 0.0246 e. The molecule has 0 spiro atoms. The largest absolute Gasteiger partial charge is 0.315 e. The Morgan fingerprint density at radius 3 is 2.43 bits per heavy atom. The van der Waals surface area contributed by atoms with E-state index in [2.05, 4.69) is 43.3 Å². The van der Waals surface area contributed by atoms with Gasteiger partial charge in [-0.1, -0.05) is 6.42 Å². The van der Waals surface area contributed by atoms with Gasteiger partial charge in [-0.15, -0.1) is 0 Å². The van der Waals surface area contributed by atoms with Crippen LogP contribution in [0.25, 0.3) is 0 Å². The van der Waals surface area contributed by atoms with Gasteiger partial charge >= 0.3 is 0 Å². The van der Waals surface area contributed by atoms with Crippen LogP contribution in [0.5, 0.6) is 0 Å². The molecule has 1 aliphatic rings. The molecule has 0 radical (unpaired) electrons. The van der Waals surface area contributed by atoms with Crippen LogP contribution in [0.1, 0.15) is 19.3 Å². The highest BCUT2D eigenvalue weighted by Crippen LogP contribution is 2.22. The normalized spacial score (nSPS) is 27.9. The van der Waals surface area contributed by atoms with E-state index in [1.807, 2.05) is 0 Å². The topological polar surface area (TPSA) is 18.5 Å². The maximum absolute atomic E-state index is 3.43. The number of rotatable bonds is 5. The van der Waals surface area contributed by atoms with Crippen molar-refractivity contribution in [2.45, 2.75) is 31.3 Å². The summed E-state index contributed by atoms with van der Waals surface area (Å²) >= 11 is 0. The fraction of sp³-hybridized carbons (Fsp3) is 1.00. The number of hydrogen-bond acceptors (Lipinski definition) is 3. The lowest BCUT2D eigenvalue weighted by Gasteiger charge is -2.30. The summed E-state index contributed by atoms with van der Waals surface area (Å²) in [4.78, 5) is 4.76. The van der Waals surface area contributed by atoms with Crippen LogP contribution in [0.15, 0.2) is 0 Å². The second kappa shape index (κ2) is 5.69. The predicted octanol–water partition coefficient (Wildman–Crippen LogP) is 0.620. The molecule has 1 saturated carbocycles. The monoisotopic (exact) mass is 199 g/mol. The van der Waals surface area contributed by atoms with Crippen molar-refractivity contribution in [3.05, 3.63) is 0 Å². The van der Waals surface area contributed by atoms with Gasteiger partial charge in [0.05, 0.1) is 0 Å². The lowest BCUT2D eigenvalue weighted by molar-refractivity contribution is 0.196. The summed E-state index contributed by atoms with van der Waals surface area (Å²) in [6, 6.07) is 1.46. The van der Waals surface area contributed by atoms with Crippen molar-refractivity contribution in [2.24, 2.45) is 0 Å². The van der Waals surface area contributed by atoms with Crippen molar-refractivity contribution >= 4 is 0 Å². The van der Waals surface area contributed by atoms with E-state index in [1.54, 1.807) is 0 Å². The van der Waals surface area contributed by atoms with Crippen molar-refractivity contribution in [1.82, 2.24) is 15.1 Å². The van der Waals surface area contributed by atoms with E-state index in [0.717, 1.165) is 12.6 Å². The highest BCUT2D eigenvalue weighted by molar-refractivity contribution is 4.88. The molecule has 0 amide bonds. The first-order valence-corrected chi connectivity index (χ1v) is 5.67. The summed E-state index contributed by atoms with van der Waals surface area (Å²) in [5, 5.41) is 3.43. The molecule has 3 heteroatoms. The first-order chi connectivity index (χ1) is 6.65. The van der Waals surface area contributed by atoms with Crippen LogP contribution in [-0.2, 0) is 0 Å². The van der Waals surface area contributed by atoms with Gasteiger partial charge in [-0.2, -0.15) is 0 Å². The third kappa shape index (κ3) is 3.23. The fourth-order valence-electron chi connectivity index (χ4n) is 2.33. The van der Waals surface area contributed by atoms with E-state index in [4.69, 9.17) is 0 Å². The zero-order valence-corrected chi connectivity index (χ0v) is 10.1. The van der Waals surface area contributed by atoms with Crippen LogP contribution < -0.4 is 5.32 Å². The Kier molecular flexibility index (Phi) is 4.85. The van der Waals surface area contributed by atoms with Crippen molar-refractivity contribution in [3.8, 4) is 0 Å². The van der Waals surface area contributed by atoms with Gasteiger partial charge in [0.25, 0.3) is 0 Å². The Morgan fingerprint density at radius 2 is 1.86 bits per heavy atom. The molecule has 2 unspecified atom stereocenters. The van der Waals surface area contributed by atoms with Crippen LogP contribution >= 0.6 is 0 Å². The molecule has 0 aromatic carbocycles. The minimum Gasteiger partial charge on any atom is -0.315 e. The van der Waals surface area contributed by atoms with Gasteiger partial charge < -0.3 is 15.1 Å². The molecule has 0 aromatic heterocycles. The minimum absolute atomic E-state index is 0.710.